The van der Waals surface area contributed by atoms with Gasteiger partial charge in [-0.05, 0) is 24.7 Å². The summed E-state index contributed by atoms with van der Waals surface area (Å²) in [6.45, 7) is 2.18. The van der Waals surface area contributed by atoms with Gasteiger partial charge >= 0.3 is 0 Å². The Labute approximate surface area is 68.2 Å². The summed E-state index contributed by atoms with van der Waals surface area (Å²) in [5.41, 5.74) is 0. The number of aliphatic hydroxyl groups is 2. The van der Waals surface area contributed by atoms with Crippen molar-refractivity contribution in [3.63, 3.8) is 0 Å². The van der Waals surface area contributed by atoms with Crippen LogP contribution in [0.4, 0.5) is 0 Å². The van der Waals surface area contributed by atoms with Crippen molar-refractivity contribution in [3.8, 4) is 0 Å². The van der Waals surface area contributed by atoms with Crippen LogP contribution in [0.5, 0.6) is 0 Å². The minimum atomic E-state index is -0.470. The van der Waals surface area contributed by atoms with Gasteiger partial charge in [-0.1, -0.05) is 19.8 Å². The highest BCUT2D eigenvalue weighted by Crippen LogP contribution is 2.30. The van der Waals surface area contributed by atoms with Crippen molar-refractivity contribution in [3.05, 3.63) is 0 Å². The van der Waals surface area contributed by atoms with Gasteiger partial charge in [0.15, 0.2) is 0 Å². The first kappa shape index (κ1) is 9.01. The third-order valence-electron chi connectivity index (χ3n) is 2.79. The predicted octanol–water partition coefficient (Wildman–Crippen LogP) is 1.17. The van der Waals surface area contributed by atoms with Crippen LogP contribution in [-0.4, -0.2) is 22.9 Å². The maximum absolute atomic E-state index is 9.32. The van der Waals surface area contributed by atoms with Crippen LogP contribution < -0.4 is 0 Å². The van der Waals surface area contributed by atoms with Gasteiger partial charge in [0.2, 0.25) is 0 Å². The van der Waals surface area contributed by atoms with Crippen molar-refractivity contribution in [2.75, 3.05) is 6.61 Å². The van der Waals surface area contributed by atoms with E-state index in [-0.39, 0.29) is 6.61 Å². The van der Waals surface area contributed by atoms with E-state index in [2.05, 4.69) is 6.92 Å². The second-order valence-electron chi connectivity index (χ2n) is 3.77. The van der Waals surface area contributed by atoms with Gasteiger partial charge in [-0.15, -0.1) is 0 Å². The molecule has 0 saturated heterocycles. The Balaban J connectivity index is 2.27. The van der Waals surface area contributed by atoms with Crippen LogP contribution in [0.25, 0.3) is 0 Å². The molecule has 1 aliphatic carbocycles. The molecule has 1 fully saturated rings. The van der Waals surface area contributed by atoms with Gasteiger partial charge in [0.25, 0.3) is 0 Å². The molecule has 0 amide bonds. The highest BCUT2D eigenvalue weighted by atomic mass is 16.3. The fraction of sp³-hybridized carbons (Fsp3) is 1.00. The van der Waals surface area contributed by atoms with Crippen LogP contribution in [0.15, 0.2) is 0 Å². The first-order chi connectivity index (χ1) is 5.24. The number of hydrogen-bond donors (Lipinski definition) is 2. The molecular formula is C9H18O2. The summed E-state index contributed by atoms with van der Waals surface area (Å²) in [5, 5.41) is 18.0. The van der Waals surface area contributed by atoms with Crippen molar-refractivity contribution in [1.29, 1.82) is 0 Å². The lowest BCUT2D eigenvalue weighted by Crippen LogP contribution is -2.27. The number of rotatable bonds is 2. The molecule has 1 rings (SSSR count). The summed E-state index contributed by atoms with van der Waals surface area (Å²) in [6, 6.07) is 0. The smallest absolute Gasteiger partial charge is 0.0799 e. The van der Waals surface area contributed by atoms with Crippen LogP contribution in [-0.2, 0) is 0 Å². The van der Waals surface area contributed by atoms with Gasteiger partial charge in [0, 0.05) is 0 Å². The molecular weight excluding hydrogens is 140 g/mol. The molecule has 1 unspecified atom stereocenters. The number of aliphatic hydroxyl groups excluding tert-OH is 2. The van der Waals surface area contributed by atoms with Gasteiger partial charge < -0.3 is 10.2 Å². The van der Waals surface area contributed by atoms with Gasteiger partial charge in [-0.2, -0.15) is 0 Å². The van der Waals surface area contributed by atoms with Crippen molar-refractivity contribution in [2.45, 2.75) is 38.7 Å². The molecule has 2 N–H and O–H groups in total. The molecule has 0 bridgehead atoms. The molecule has 2 nitrogen and oxygen atoms in total. The van der Waals surface area contributed by atoms with Crippen LogP contribution in [0.1, 0.15) is 32.6 Å². The van der Waals surface area contributed by atoms with E-state index in [1.54, 1.807) is 0 Å². The van der Waals surface area contributed by atoms with E-state index >= 15 is 0 Å². The summed E-state index contributed by atoms with van der Waals surface area (Å²) in [6.07, 6.45) is 4.12. The average molecular weight is 158 g/mol. The molecule has 0 heterocycles. The van der Waals surface area contributed by atoms with Crippen molar-refractivity contribution in [1.82, 2.24) is 0 Å². The van der Waals surface area contributed by atoms with E-state index in [4.69, 9.17) is 5.11 Å². The Hall–Kier alpha value is -0.0800. The first-order valence-electron chi connectivity index (χ1n) is 4.53. The lowest BCUT2D eigenvalue weighted by molar-refractivity contribution is 0.0271. The largest absolute Gasteiger partial charge is 0.394 e. The van der Waals surface area contributed by atoms with Crippen LogP contribution in [0.2, 0.25) is 0 Å². The fourth-order valence-electron chi connectivity index (χ4n) is 1.82. The van der Waals surface area contributed by atoms with E-state index < -0.39 is 6.10 Å². The van der Waals surface area contributed by atoms with Gasteiger partial charge in [-0.25, -0.2) is 0 Å². The summed E-state index contributed by atoms with van der Waals surface area (Å²) < 4.78 is 0. The van der Waals surface area contributed by atoms with Crippen LogP contribution in [0, 0.1) is 11.8 Å². The standard InChI is InChI=1S/C9H18O2/c1-7-2-4-8(5-3-7)9(11)6-10/h7-11H,2-6H2,1H3. The lowest BCUT2D eigenvalue weighted by atomic mass is 9.80. The summed E-state index contributed by atoms with van der Waals surface area (Å²) in [5.74, 6) is 1.17. The molecule has 0 aromatic rings. The maximum atomic E-state index is 9.32. The molecule has 0 radical (unpaired) electrons. The average Bonchev–Trinajstić information content (AvgIpc) is 2.05. The maximum Gasteiger partial charge on any atom is 0.0799 e. The fourth-order valence-corrected chi connectivity index (χ4v) is 1.82. The number of hydrogen-bond acceptors (Lipinski definition) is 2. The van der Waals surface area contributed by atoms with E-state index in [1.165, 1.54) is 12.8 Å². The van der Waals surface area contributed by atoms with E-state index in [1.807, 2.05) is 0 Å². The third-order valence-corrected chi connectivity index (χ3v) is 2.79. The molecule has 0 spiro atoms. The molecule has 66 valence electrons. The highest BCUT2D eigenvalue weighted by molar-refractivity contribution is 4.75. The minimum absolute atomic E-state index is 0.0704. The quantitative estimate of drug-likeness (QED) is 0.633. The van der Waals surface area contributed by atoms with Crippen molar-refractivity contribution in [2.24, 2.45) is 11.8 Å². The minimum Gasteiger partial charge on any atom is -0.394 e. The Morgan fingerprint density at radius 3 is 2.27 bits per heavy atom. The van der Waals surface area contributed by atoms with E-state index in [0.717, 1.165) is 18.8 Å². The predicted molar refractivity (Wildman–Crippen MR) is 44.2 cm³/mol. The highest BCUT2D eigenvalue weighted by Gasteiger charge is 2.23. The van der Waals surface area contributed by atoms with Crippen molar-refractivity contribution >= 4 is 0 Å². The topological polar surface area (TPSA) is 40.5 Å². The SMILES string of the molecule is CC1CCC(C(O)CO)CC1. The molecule has 11 heavy (non-hydrogen) atoms. The third kappa shape index (κ3) is 2.46. The van der Waals surface area contributed by atoms with Gasteiger partial charge in [0.1, 0.15) is 0 Å². The first-order valence-corrected chi connectivity index (χ1v) is 4.53. The lowest BCUT2D eigenvalue weighted by Gasteiger charge is -2.28. The molecule has 0 aromatic carbocycles. The zero-order chi connectivity index (χ0) is 8.27. The van der Waals surface area contributed by atoms with Crippen LogP contribution in [0.3, 0.4) is 0 Å². The molecule has 0 aromatic heterocycles. The van der Waals surface area contributed by atoms with Gasteiger partial charge in [0.05, 0.1) is 12.7 Å². The zero-order valence-corrected chi connectivity index (χ0v) is 7.16. The molecule has 0 aliphatic heterocycles. The van der Waals surface area contributed by atoms with E-state index in [0.29, 0.717) is 5.92 Å². The molecule has 1 atom stereocenters. The molecule has 1 aliphatic rings. The Bertz CT molecular complexity index is 106. The summed E-state index contributed by atoms with van der Waals surface area (Å²) in [7, 11) is 0. The Kier molecular flexibility index (Phi) is 3.34. The summed E-state index contributed by atoms with van der Waals surface area (Å²) in [4.78, 5) is 0. The summed E-state index contributed by atoms with van der Waals surface area (Å²) >= 11 is 0. The Morgan fingerprint density at radius 2 is 1.82 bits per heavy atom. The Morgan fingerprint density at radius 1 is 1.27 bits per heavy atom. The molecule has 1 saturated carbocycles. The van der Waals surface area contributed by atoms with Gasteiger partial charge in [-0.3, -0.25) is 0 Å². The zero-order valence-electron chi connectivity index (χ0n) is 7.16. The van der Waals surface area contributed by atoms with E-state index in [9.17, 15) is 5.11 Å². The van der Waals surface area contributed by atoms with Crippen LogP contribution >= 0.6 is 0 Å². The molecule has 2 heteroatoms. The second kappa shape index (κ2) is 4.07. The van der Waals surface area contributed by atoms with Crippen molar-refractivity contribution < 1.29 is 10.2 Å². The second-order valence-corrected chi connectivity index (χ2v) is 3.77. The normalized spacial score (nSPS) is 35.2. The monoisotopic (exact) mass is 158 g/mol.